The third-order valence-corrected chi connectivity index (χ3v) is 0.454. The van der Waals surface area contributed by atoms with Crippen LogP contribution >= 0.6 is 0 Å². The highest BCUT2D eigenvalue weighted by Crippen LogP contribution is 1.87. The van der Waals surface area contributed by atoms with Crippen LogP contribution in [0, 0.1) is 13.5 Å². The Morgan fingerprint density at radius 2 is 2.20 bits per heavy atom. The molecule has 27 valence electrons. The minimum atomic E-state index is 0.755. The van der Waals surface area contributed by atoms with Crippen LogP contribution in [0.4, 0.5) is 0 Å². The molecule has 0 aliphatic carbocycles. The summed E-state index contributed by atoms with van der Waals surface area (Å²) in [4.78, 5) is 0. The summed E-state index contributed by atoms with van der Waals surface area (Å²) >= 11 is 0. The molecular formula is C5H8+. The SMILES string of the molecule is [CH+]=C([CH2])CC. The molecule has 0 N–H and O–H groups in total. The maximum absolute atomic E-state index is 5.10. The van der Waals surface area contributed by atoms with Crippen LogP contribution in [0.15, 0.2) is 5.57 Å². The predicted octanol–water partition coefficient (Wildman–Crippen LogP) is 1.59. The van der Waals surface area contributed by atoms with Crippen LogP contribution in [0.1, 0.15) is 13.3 Å². The molecule has 1 radical (unpaired) electrons. The van der Waals surface area contributed by atoms with E-state index in [4.69, 9.17) is 6.58 Å². The molecule has 0 amide bonds. The molecule has 0 bridgehead atoms. The molecule has 0 aliphatic rings. The van der Waals surface area contributed by atoms with Crippen molar-refractivity contribution in [1.82, 2.24) is 0 Å². The van der Waals surface area contributed by atoms with Crippen LogP contribution in [0.5, 0.6) is 0 Å². The zero-order valence-electron chi connectivity index (χ0n) is 3.49. The van der Waals surface area contributed by atoms with E-state index in [-0.39, 0.29) is 0 Å². The fourth-order valence-corrected chi connectivity index (χ4v) is 0. The summed E-state index contributed by atoms with van der Waals surface area (Å²) in [5, 5.41) is 0. The molecule has 5 heavy (non-hydrogen) atoms. The van der Waals surface area contributed by atoms with Gasteiger partial charge in [0.2, 0.25) is 6.58 Å². The number of rotatable bonds is 1. The zero-order chi connectivity index (χ0) is 4.28. The Labute approximate surface area is 33.5 Å². The van der Waals surface area contributed by atoms with Crippen LogP contribution < -0.4 is 0 Å². The summed E-state index contributed by atoms with van der Waals surface area (Å²) in [6.45, 7) is 10.5. The Kier molecular flexibility index (Phi) is 1.79. The first kappa shape index (κ1) is 4.65. The van der Waals surface area contributed by atoms with E-state index < -0.39 is 0 Å². The Hall–Kier alpha value is -0.350. The molecule has 0 heteroatoms. The largest absolute Gasteiger partial charge is 0.205 e. The molecule has 0 atom stereocenters. The molecule has 0 aromatic rings. The number of hydrogen-bond donors (Lipinski definition) is 0. The topological polar surface area (TPSA) is 0 Å². The Bertz CT molecular complexity index is 35.3. The molecule has 0 heterocycles. The maximum Gasteiger partial charge on any atom is 0.205 e. The molecule has 0 rings (SSSR count). The molecule has 0 fully saturated rings. The van der Waals surface area contributed by atoms with Gasteiger partial charge in [-0.3, -0.25) is 0 Å². The molecule has 0 aromatic heterocycles. The van der Waals surface area contributed by atoms with Crippen molar-refractivity contribution >= 4 is 0 Å². The summed E-state index contributed by atoms with van der Waals surface area (Å²) in [6.07, 6.45) is 0.889. The van der Waals surface area contributed by atoms with Gasteiger partial charge in [-0.05, 0) is 0 Å². The minimum absolute atomic E-state index is 0.755. The highest BCUT2D eigenvalue weighted by atomic mass is 13.7. The number of hydrogen-bond acceptors (Lipinski definition) is 0. The molecular weight excluding hydrogens is 60.1 g/mol. The molecule has 0 aromatic carbocycles. The first-order chi connectivity index (χ1) is 2.27. The van der Waals surface area contributed by atoms with Gasteiger partial charge in [0.1, 0.15) is 0 Å². The second kappa shape index (κ2) is 1.92. The van der Waals surface area contributed by atoms with Crippen molar-refractivity contribution < 1.29 is 0 Å². The van der Waals surface area contributed by atoms with Gasteiger partial charge in [-0.2, -0.15) is 0 Å². The van der Waals surface area contributed by atoms with Crippen molar-refractivity contribution in [2.75, 3.05) is 0 Å². The van der Waals surface area contributed by atoms with E-state index in [0.717, 1.165) is 12.0 Å². The highest BCUT2D eigenvalue weighted by Gasteiger charge is 1.82. The fraction of sp³-hybridized carbons (Fsp3) is 0.400. The van der Waals surface area contributed by atoms with Gasteiger partial charge in [0, 0.05) is 13.3 Å². The molecule has 0 aliphatic heterocycles. The number of allylic oxidation sites excluding steroid dienone is 1. The fourth-order valence-electron chi connectivity index (χ4n) is 0. The Balaban J connectivity index is 2.85. The van der Waals surface area contributed by atoms with Crippen LogP contribution in [0.2, 0.25) is 0 Å². The average molecular weight is 68.1 g/mol. The van der Waals surface area contributed by atoms with E-state index in [2.05, 4.69) is 6.92 Å². The minimum Gasteiger partial charge on any atom is -0.0572 e. The van der Waals surface area contributed by atoms with E-state index in [1.807, 2.05) is 6.92 Å². The molecule has 0 unspecified atom stereocenters. The van der Waals surface area contributed by atoms with Gasteiger partial charge in [0.05, 0.1) is 0 Å². The monoisotopic (exact) mass is 68.1 g/mol. The third-order valence-electron chi connectivity index (χ3n) is 0.454. The summed E-state index contributed by atoms with van der Waals surface area (Å²) in [7, 11) is 0. The second-order valence-electron chi connectivity index (χ2n) is 1.01. The first-order valence-corrected chi connectivity index (χ1v) is 1.70. The normalized spacial score (nSPS) is 7.40. The summed E-state index contributed by atoms with van der Waals surface area (Å²) in [5.41, 5.74) is 0.755. The predicted molar refractivity (Wildman–Crippen MR) is 23.5 cm³/mol. The summed E-state index contributed by atoms with van der Waals surface area (Å²) in [5.74, 6) is 0. The van der Waals surface area contributed by atoms with Crippen LogP contribution in [0.25, 0.3) is 0 Å². The first-order valence-electron chi connectivity index (χ1n) is 1.70. The van der Waals surface area contributed by atoms with Gasteiger partial charge >= 0.3 is 0 Å². The van der Waals surface area contributed by atoms with Crippen molar-refractivity contribution in [2.45, 2.75) is 13.3 Å². The zero-order valence-corrected chi connectivity index (χ0v) is 3.49. The van der Waals surface area contributed by atoms with E-state index in [0.29, 0.717) is 0 Å². The van der Waals surface area contributed by atoms with E-state index in [1.54, 1.807) is 0 Å². The van der Waals surface area contributed by atoms with Crippen LogP contribution in [-0.2, 0) is 0 Å². The third kappa shape index (κ3) is 3.65. The smallest absolute Gasteiger partial charge is 0.0572 e. The molecule has 0 spiro atoms. The van der Waals surface area contributed by atoms with E-state index in [1.165, 1.54) is 0 Å². The lowest BCUT2D eigenvalue weighted by atomic mass is 10.3. The lowest BCUT2D eigenvalue weighted by Crippen LogP contribution is -1.60. The summed E-state index contributed by atoms with van der Waals surface area (Å²) in [6, 6.07) is 0. The standard InChI is InChI=1S/C5H8/c1-4-5(2)3/h2H,3-4H2,1H3/q+1. The van der Waals surface area contributed by atoms with E-state index >= 15 is 0 Å². The summed E-state index contributed by atoms with van der Waals surface area (Å²) < 4.78 is 0. The van der Waals surface area contributed by atoms with Crippen LogP contribution in [0.3, 0.4) is 0 Å². The van der Waals surface area contributed by atoms with Crippen molar-refractivity contribution in [1.29, 1.82) is 0 Å². The van der Waals surface area contributed by atoms with Gasteiger partial charge in [0.25, 0.3) is 0 Å². The lowest BCUT2D eigenvalue weighted by molar-refractivity contribution is 1.15. The lowest BCUT2D eigenvalue weighted by Gasteiger charge is -1.66. The maximum atomic E-state index is 5.10. The molecule has 0 saturated carbocycles. The van der Waals surface area contributed by atoms with Crippen LogP contribution in [-0.4, -0.2) is 0 Å². The van der Waals surface area contributed by atoms with Gasteiger partial charge in [-0.25, -0.2) is 0 Å². The molecule has 0 saturated heterocycles. The van der Waals surface area contributed by atoms with Crippen molar-refractivity contribution in [3.63, 3.8) is 0 Å². The van der Waals surface area contributed by atoms with Gasteiger partial charge in [-0.15, -0.1) is 0 Å². The second-order valence-corrected chi connectivity index (χ2v) is 1.01. The van der Waals surface area contributed by atoms with Crippen molar-refractivity contribution in [3.05, 3.63) is 19.1 Å². The van der Waals surface area contributed by atoms with Gasteiger partial charge in [0.15, 0.2) is 5.57 Å². The van der Waals surface area contributed by atoms with Gasteiger partial charge < -0.3 is 0 Å². The quantitative estimate of drug-likeness (QED) is 0.409. The van der Waals surface area contributed by atoms with Crippen molar-refractivity contribution in [2.24, 2.45) is 0 Å². The highest BCUT2D eigenvalue weighted by molar-refractivity contribution is 4.91. The molecule has 0 nitrogen and oxygen atoms in total. The van der Waals surface area contributed by atoms with Gasteiger partial charge in [-0.1, -0.05) is 6.92 Å². The van der Waals surface area contributed by atoms with Crippen molar-refractivity contribution in [3.8, 4) is 0 Å². The van der Waals surface area contributed by atoms with E-state index in [9.17, 15) is 0 Å². The average Bonchev–Trinajstić information content (AvgIpc) is 1.38. The Morgan fingerprint density at radius 1 is 2.00 bits per heavy atom. The Morgan fingerprint density at radius 3 is 2.20 bits per heavy atom.